The highest BCUT2D eigenvalue weighted by Gasteiger charge is 2.32. The van der Waals surface area contributed by atoms with Crippen molar-refractivity contribution in [2.75, 3.05) is 0 Å². The second kappa shape index (κ2) is 5.84. The van der Waals surface area contributed by atoms with Gasteiger partial charge in [0, 0.05) is 12.8 Å². The number of carbonyl (C=O) groups excluding carboxylic acids is 1. The minimum absolute atomic E-state index is 0.516. The molecule has 0 aromatic carbocycles. The van der Waals surface area contributed by atoms with Crippen LogP contribution in [0.5, 0.6) is 0 Å². The summed E-state index contributed by atoms with van der Waals surface area (Å²) in [6.07, 6.45) is 12.6. The zero-order chi connectivity index (χ0) is 11.4. The average molecular weight is 222 g/mol. The van der Waals surface area contributed by atoms with Crippen molar-refractivity contribution in [3.63, 3.8) is 0 Å². The first-order valence-corrected chi connectivity index (χ1v) is 7.31. The van der Waals surface area contributed by atoms with E-state index in [1.165, 1.54) is 44.9 Å². The third kappa shape index (κ3) is 3.09. The lowest BCUT2D eigenvalue weighted by Gasteiger charge is -2.39. The predicted octanol–water partition coefficient (Wildman–Crippen LogP) is 4.35. The summed E-state index contributed by atoms with van der Waals surface area (Å²) in [5.41, 5.74) is 0. The first kappa shape index (κ1) is 12.1. The maximum Gasteiger partial charge on any atom is 0.133 e. The molecule has 2 aliphatic rings. The van der Waals surface area contributed by atoms with Crippen molar-refractivity contribution in [3.8, 4) is 0 Å². The quantitative estimate of drug-likeness (QED) is 0.691. The van der Waals surface area contributed by atoms with Gasteiger partial charge in [-0.3, -0.25) is 4.79 Å². The molecule has 1 heteroatoms. The highest BCUT2D eigenvalue weighted by Crippen LogP contribution is 2.43. The first-order valence-electron chi connectivity index (χ1n) is 7.31. The van der Waals surface area contributed by atoms with E-state index in [1.807, 2.05) is 0 Å². The number of fused-ring (bicyclic) bond motifs is 1. The Morgan fingerprint density at radius 1 is 1.06 bits per heavy atom. The summed E-state index contributed by atoms with van der Waals surface area (Å²) < 4.78 is 0. The maximum atomic E-state index is 11.7. The van der Waals surface area contributed by atoms with Gasteiger partial charge >= 0.3 is 0 Å². The van der Waals surface area contributed by atoms with E-state index >= 15 is 0 Å². The standard InChI is InChI=1S/C15H26O/c1-2-5-15(16)11-12-8-9-13-6-3-4-7-14(13)10-12/h12-14H,2-11H2,1H3. The van der Waals surface area contributed by atoms with Gasteiger partial charge in [-0.25, -0.2) is 0 Å². The second-order valence-electron chi connectivity index (χ2n) is 5.98. The van der Waals surface area contributed by atoms with Gasteiger partial charge in [-0.1, -0.05) is 32.6 Å². The zero-order valence-electron chi connectivity index (χ0n) is 10.7. The molecule has 2 saturated carbocycles. The fourth-order valence-corrected chi connectivity index (χ4v) is 3.86. The molecule has 0 saturated heterocycles. The van der Waals surface area contributed by atoms with E-state index in [-0.39, 0.29) is 0 Å². The lowest BCUT2D eigenvalue weighted by molar-refractivity contribution is -0.120. The fraction of sp³-hybridized carbons (Fsp3) is 0.933. The summed E-state index contributed by atoms with van der Waals surface area (Å²) in [5, 5.41) is 0. The highest BCUT2D eigenvalue weighted by molar-refractivity contribution is 5.78. The Labute approximate surface area is 100.0 Å². The van der Waals surface area contributed by atoms with Crippen LogP contribution in [0.2, 0.25) is 0 Å². The normalized spacial score (nSPS) is 34.4. The van der Waals surface area contributed by atoms with Crippen molar-refractivity contribution in [3.05, 3.63) is 0 Å². The van der Waals surface area contributed by atoms with Crippen LogP contribution in [0.15, 0.2) is 0 Å². The number of hydrogen-bond donors (Lipinski definition) is 0. The number of ketones is 1. The lowest BCUT2D eigenvalue weighted by atomic mass is 9.66. The van der Waals surface area contributed by atoms with Gasteiger partial charge in [0.25, 0.3) is 0 Å². The number of Topliss-reactive ketones (excluding diaryl/α,β-unsaturated/α-hetero) is 1. The minimum atomic E-state index is 0.516. The van der Waals surface area contributed by atoms with Crippen LogP contribution in [0, 0.1) is 17.8 Å². The Kier molecular flexibility index (Phi) is 4.43. The second-order valence-corrected chi connectivity index (χ2v) is 5.98. The van der Waals surface area contributed by atoms with Gasteiger partial charge in [-0.15, -0.1) is 0 Å². The van der Waals surface area contributed by atoms with Crippen molar-refractivity contribution in [1.82, 2.24) is 0 Å². The lowest BCUT2D eigenvalue weighted by Crippen LogP contribution is -2.28. The molecule has 0 radical (unpaired) electrons. The third-order valence-electron chi connectivity index (χ3n) is 4.69. The Balaban J connectivity index is 1.78. The molecule has 0 spiro atoms. The van der Waals surface area contributed by atoms with Crippen molar-refractivity contribution >= 4 is 5.78 Å². The molecule has 0 aromatic rings. The summed E-state index contributed by atoms with van der Waals surface area (Å²) >= 11 is 0. The molecule has 3 unspecified atom stereocenters. The molecule has 0 N–H and O–H groups in total. The summed E-state index contributed by atoms with van der Waals surface area (Å²) in [5.74, 6) is 3.24. The van der Waals surface area contributed by atoms with Crippen LogP contribution in [0.1, 0.15) is 71.1 Å². The predicted molar refractivity (Wildman–Crippen MR) is 67.3 cm³/mol. The average Bonchev–Trinajstić information content (AvgIpc) is 2.29. The molecule has 1 nitrogen and oxygen atoms in total. The van der Waals surface area contributed by atoms with Gasteiger partial charge in [0.1, 0.15) is 5.78 Å². The topological polar surface area (TPSA) is 17.1 Å². The fourth-order valence-electron chi connectivity index (χ4n) is 3.86. The van der Waals surface area contributed by atoms with Gasteiger partial charge in [0.2, 0.25) is 0 Å². The Morgan fingerprint density at radius 3 is 2.56 bits per heavy atom. The van der Waals surface area contributed by atoms with Crippen LogP contribution in [0.3, 0.4) is 0 Å². The molecular weight excluding hydrogens is 196 g/mol. The molecule has 16 heavy (non-hydrogen) atoms. The summed E-state index contributed by atoms with van der Waals surface area (Å²) in [4.78, 5) is 11.7. The monoisotopic (exact) mass is 222 g/mol. The molecule has 0 heterocycles. The molecule has 0 aromatic heterocycles. The largest absolute Gasteiger partial charge is 0.300 e. The maximum absolute atomic E-state index is 11.7. The van der Waals surface area contributed by atoms with Crippen LogP contribution >= 0.6 is 0 Å². The summed E-state index contributed by atoms with van der Waals surface area (Å²) in [7, 11) is 0. The van der Waals surface area contributed by atoms with E-state index in [4.69, 9.17) is 0 Å². The van der Waals surface area contributed by atoms with Crippen LogP contribution < -0.4 is 0 Å². The minimum Gasteiger partial charge on any atom is -0.300 e. The van der Waals surface area contributed by atoms with Gasteiger partial charge in [-0.05, 0) is 43.4 Å². The van der Waals surface area contributed by atoms with Gasteiger partial charge < -0.3 is 0 Å². The smallest absolute Gasteiger partial charge is 0.133 e. The molecule has 2 fully saturated rings. The molecular formula is C15H26O. The van der Waals surface area contributed by atoms with E-state index in [0.717, 1.165) is 37.0 Å². The SMILES string of the molecule is CCCC(=O)CC1CCC2CCCCC2C1. The molecule has 2 rings (SSSR count). The van der Waals surface area contributed by atoms with Gasteiger partial charge in [0.05, 0.1) is 0 Å². The molecule has 0 amide bonds. The van der Waals surface area contributed by atoms with Crippen molar-refractivity contribution in [1.29, 1.82) is 0 Å². The Bertz CT molecular complexity index is 234. The van der Waals surface area contributed by atoms with E-state index in [2.05, 4.69) is 6.92 Å². The van der Waals surface area contributed by atoms with Gasteiger partial charge in [0.15, 0.2) is 0 Å². The third-order valence-corrected chi connectivity index (χ3v) is 4.69. The Morgan fingerprint density at radius 2 is 1.81 bits per heavy atom. The van der Waals surface area contributed by atoms with E-state index in [0.29, 0.717) is 5.78 Å². The van der Waals surface area contributed by atoms with Crippen LogP contribution in [0.4, 0.5) is 0 Å². The van der Waals surface area contributed by atoms with Crippen molar-refractivity contribution in [2.45, 2.75) is 71.1 Å². The number of rotatable bonds is 4. The van der Waals surface area contributed by atoms with Crippen molar-refractivity contribution < 1.29 is 4.79 Å². The van der Waals surface area contributed by atoms with E-state index in [9.17, 15) is 4.79 Å². The number of hydrogen-bond acceptors (Lipinski definition) is 1. The molecule has 3 atom stereocenters. The van der Waals surface area contributed by atoms with Crippen LogP contribution in [-0.2, 0) is 4.79 Å². The van der Waals surface area contributed by atoms with E-state index < -0.39 is 0 Å². The molecule has 2 aliphatic carbocycles. The molecule has 0 bridgehead atoms. The van der Waals surface area contributed by atoms with Crippen LogP contribution in [0.25, 0.3) is 0 Å². The Hall–Kier alpha value is -0.330. The van der Waals surface area contributed by atoms with E-state index in [1.54, 1.807) is 0 Å². The molecule has 92 valence electrons. The zero-order valence-corrected chi connectivity index (χ0v) is 10.7. The van der Waals surface area contributed by atoms with Crippen LogP contribution in [-0.4, -0.2) is 5.78 Å². The van der Waals surface area contributed by atoms with Crippen molar-refractivity contribution in [2.24, 2.45) is 17.8 Å². The van der Waals surface area contributed by atoms with Gasteiger partial charge in [-0.2, -0.15) is 0 Å². The summed E-state index contributed by atoms with van der Waals surface area (Å²) in [6, 6.07) is 0. The first-order chi connectivity index (χ1) is 7.79. The molecule has 0 aliphatic heterocycles. The number of carbonyl (C=O) groups is 1. The highest BCUT2D eigenvalue weighted by atomic mass is 16.1. The summed E-state index contributed by atoms with van der Waals surface area (Å²) in [6.45, 7) is 2.11.